The molecule has 0 aliphatic carbocycles. The van der Waals surface area contributed by atoms with Gasteiger partial charge in [-0.1, -0.05) is 60.1 Å². The van der Waals surface area contributed by atoms with Crippen molar-refractivity contribution in [2.75, 3.05) is 26.2 Å². The first-order valence-electron chi connectivity index (χ1n) is 13.1. The number of rotatable bonds is 6. The number of para-hydroxylation sites is 1. The smallest absolute Gasteiger partial charge is 0.227 e. The third-order valence-corrected chi connectivity index (χ3v) is 7.66. The van der Waals surface area contributed by atoms with Gasteiger partial charge in [0.25, 0.3) is 0 Å². The van der Waals surface area contributed by atoms with Gasteiger partial charge in [-0.05, 0) is 47.0 Å². The van der Waals surface area contributed by atoms with E-state index in [4.69, 9.17) is 11.6 Å². The average Bonchev–Trinajstić information content (AvgIpc) is 3.39. The van der Waals surface area contributed by atoms with Gasteiger partial charge in [-0.25, -0.2) is 0 Å². The van der Waals surface area contributed by atoms with Crippen LogP contribution in [0.1, 0.15) is 11.1 Å². The van der Waals surface area contributed by atoms with Crippen LogP contribution in [0.2, 0.25) is 5.02 Å². The molecule has 6 rings (SSSR count). The molecule has 1 saturated heterocycles. The van der Waals surface area contributed by atoms with Gasteiger partial charge in [0, 0.05) is 72.2 Å². The molecule has 1 aliphatic rings. The zero-order valence-electron chi connectivity index (χ0n) is 21.5. The van der Waals surface area contributed by atoms with E-state index < -0.39 is 0 Å². The number of fused-ring (bicyclic) bond motifs is 1. The van der Waals surface area contributed by atoms with Crippen LogP contribution in [0.25, 0.3) is 33.3 Å². The first-order valence-corrected chi connectivity index (χ1v) is 13.5. The minimum absolute atomic E-state index is 0.145. The summed E-state index contributed by atoms with van der Waals surface area (Å²) >= 11 is 5.99. The fourth-order valence-electron chi connectivity index (χ4n) is 5.20. The van der Waals surface area contributed by atoms with E-state index in [2.05, 4.69) is 27.0 Å². The molecule has 196 valence electrons. The van der Waals surface area contributed by atoms with E-state index in [0.29, 0.717) is 6.42 Å². The van der Waals surface area contributed by atoms with Gasteiger partial charge in [0.1, 0.15) is 5.75 Å². The Kier molecular flexibility index (Phi) is 7.05. The van der Waals surface area contributed by atoms with Crippen LogP contribution in [0, 0.1) is 0 Å². The number of carbonyl (C=O) groups is 1. The maximum Gasteiger partial charge on any atom is 0.227 e. The van der Waals surface area contributed by atoms with Crippen molar-refractivity contribution in [3.8, 4) is 28.1 Å². The second kappa shape index (κ2) is 10.9. The first kappa shape index (κ1) is 25.2. The van der Waals surface area contributed by atoms with Crippen LogP contribution in [-0.4, -0.2) is 57.0 Å². The lowest BCUT2D eigenvalue weighted by atomic mass is 9.98. The summed E-state index contributed by atoms with van der Waals surface area (Å²) in [4.78, 5) is 24.9. The van der Waals surface area contributed by atoms with Crippen LogP contribution >= 0.6 is 11.6 Å². The van der Waals surface area contributed by atoms with E-state index >= 15 is 0 Å². The molecule has 3 aromatic carbocycles. The molecule has 7 heteroatoms. The number of aromatic hydroxyl groups is 1. The number of nitrogens with zero attached hydrogens (tertiary/aromatic N) is 3. The molecule has 0 spiro atoms. The molecule has 0 bridgehead atoms. The lowest BCUT2D eigenvalue weighted by molar-refractivity contribution is -0.132. The highest BCUT2D eigenvalue weighted by Gasteiger charge is 2.21. The number of aromatic amines is 1. The number of hydrogen-bond acceptors (Lipinski definition) is 4. The molecular weight excluding hydrogens is 508 g/mol. The van der Waals surface area contributed by atoms with Gasteiger partial charge in [-0.2, -0.15) is 0 Å². The molecule has 6 nitrogen and oxygen atoms in total. The minimum Gasteiger partial charge on any atom is -0.507 e. The summed E-state index contributed by atoms with van der Waals surface area (Å²) in [5.41, 5.74) is 6.39. The Hall–Kier alpha value is -4.13. The molecule has 39 heavy (non-hydrogen) atoms. The van der Waals surface area contributed by atoms with E-state index in [1.165, 1.54) is 5.56 Å². The summed E-state index contributed by atoms with van der Waals surface area (Å²) < 4.78 is 0. The van der Waals surface area contributed by atoms with Gasteiger partial charge >= 0.3 is 0 Å². The van der Waals surface area contributed by atoms with Gasteiger partial charge in [0.2, 0.25) is 5.91 Å². The first-order chi connectivity index (χ1) is 19.0. The number of piperazine rings is 1. The number of H-pyrrole nitrogens is 1. The number of aromatic nitrogens is 2. The Labute approximate surface area is 232 Å². The van der Waals surface area contributed by atoms with Crippen molar-refractivity contribution in [2.45, 2.75) is 13.0 Å². The summed E-state index contributed by atoms with van der Waals surface area (Å²) in [7, 11) is 0. The fraction of sp³-hybridized carbons (Fsp3) is 0.188. The number of pyridine rings is 1. The quantitative estimate of drug-likeness (QED) is 0.273. The van der Waals surface area contributed by atoms with Crippen molar-refractivity contribution in [1.82, 2.24) is 19.8 Å². The number of nitrogens with one attached hydrogen (secondary N) is 1. The Bertz CT molecular complexity index is 1570. The molecule has 0 atom stereocenters. The zero-order valence-corrected chi connectivity index (χ0v) is 22.2. The normalized spacial score (nSPS) is 14.1. The van der Waals surface area contributed by atoms with Crippen molar-refractivity contribution < 1.29 is 9.90 Å². The monoisotopic (exact) mass is 536 g/mol. The van der Waals surface area contributed by atoms with Crippen LogP contribution in [0.15, 0.2) is 91.3 Å². The van der Waals surface area contributed by atoms with Crippen LogP contribution in [0.5, 0.6) is 5.75 Å². The van der Waals surface area contributed by atoms with Gasteiger partial charge in [0.15, 0.2) is 0 Å². The lowest BCUT2D eigenvalue weighted by Gasteiger charge is -2.35. The molecular formula is C32H29ClN4O2. The third kappa shape index (κ3) is 5.53. The van der Waals surface area contributed by atoms with E-state index in [-0.39, 0.29) is 11.7 Å². The predicted molar refractivity (Wildman–Crippen MR) is 156 cm³/mol. The van der Waals surface area contributed by atoms with E-state index in [1.807, 2.05) is 71.6 Å². The molecule has 1 fully saturated rings. The highest BCUT2D eigenvalue weighted by Crippen LogP contribution is 2.38. The van der Waals surface area contributed by atoms with Crippen molar-refractivity contribution in [2.24, 2.45) is 0 Å². The molecule has 3 heterocycles. The molecule has 0 radical (unpaired) electrons. The summed E-state index contributed by atoms with van der Waals surface area (Å²) in [6, 6.07) is 25.5. The third-order valence-electron chi connectivity index (χ3n) is 7.41. The number of benzene rings is 3. The second-order valence-corrected chi connectivity index (χ2v) is 10.4. The van der Waals surface area contributed by atoms with Crippen LogP contribution < -0.4 is 0 Å². The van der Waals surface area contributed by atoms with E-state index in [0.717, 1.165) is 76.6 Å². The summed E-state index contributed by atoms with van der Waals surface area (Å²) in [6.45, 7) is 4.04. The Morgan fingerprint density at radius 2 is 1.62 bits per heavy atom. The molecule has 1 amide bonds. The number of carbonyl (C=O) groups excluding carboxylic acids is 1. The lowest BCUT2D eigenvalue weighted by Crippen LogP contribution is -2.48. The maximum absolute atomic E-state index is 13.0. The summed E-state index contributed by atoms with van der Waals surface area (Å²) in [5.74, 6) is 0.365. The zero-order chi connectivity index (χ0) is 26.8. The highest BCUT2D eigenvalue weighted by atomic mass is 35.5. The molecule has 2 N–H and O–H groups in total. The average molecular weight is 537 g/mol. The minimum atomic E-state index is 0.145. The Morgan fingerprint density at radius 3 is 2.36 bits per heavy atom. The van der Waals surface area contributed by atoms with Crippen LogP contribution in [-0.2, 0) is 17.8 Å². The van der Waals surface area contributed by atoms with Crippen molar-refractivity contribution >= 4 is 28.4 Å². The van der Waals surface area contributed by atoms with E-state index in [1.54, 1.807) is 12.4 Å². The van der Waals surface area contributed by atoms with Gasteiger partial charge in [0.05, 0.1) is 12.1 Å². The summed E-state index contributed by atoms with van der Waals surface area (Å²) in [5, 5.41) is 12.9. The number of phenolic OH excluding ortho intramolecular Hbond substituents is 1. The largest absolute Gasteiger partial charge is 0.507 e. The topological polar surface area (TPSA) is 72.5 Å². The molecule has 0 saturated carbocycles. The van der Waals surface area contributed by atoms with Gasteiger partial charge in [-0.15, -0.1) is 0 Å². The SMILES string of the molecule is O=C(Cc1ccc(-c2cccc(-c3cc4cnccc4[nH]3)c2O)cc1)N1CCN(Cc2ccc(Cl)cc2)CC1. The molecule has 2 aromatic heterocycles. The Morgan fingerprint density at radius 1 is 0.897 bits per heavy atom. The molecule has 1 aliphatic heterocycles. The van der Waals surface area contributed by atoms with Crippen molar-refractivity contribution in [3.63, 3.8) is 0 Å². The predicted octanol–water partition coefficient (Wildman–Crippen LogP) is 6.14. The number of amides is 1. The summed E-state index contributed by atoms with van der Waals surface area (Å²) in [6.07, 6.45) is 3.91. The standard InChI is InChI=1S/C32H29ClN4O2/c33-26-10-6-23(7-11-26)21-36-14-16-37(17-15-36)31(38)18-22-4-8-24(9-5-22)27-2-1-3-28(32(27)39)30-19-25-20-34-13-12-29(25)35-30/h1-13,19-20,35,39H,14-18,21H2. The van der Waals surface area contributed by atoms with Crippen molar-refractivity contribution in [3.05, 3.63) is 107 Å². The van der Waals surface area contributed by atoms with Crippen LogP contribution in [0.4, 0.5) is 0 Å². The molecule has 5 aromatic rings. The maximum atomic E-state index is 13.0. The second-order valence-electron chi connectivity index (χ2n) is 10.0. The number of hydrogen-bond donors (Lipinski definition) is 2. The van der Waals surface area contributed by atoms with E-state index in [9.17, 15) is 9.90 Å². The highest BCUT2D eigenvalue weighted by molar-refractivity contribution is 6.30. The van der Waals surface area contributed by atoms with Crippen LogP contribution in [0.3, 0.4) is 0 Å². The number of halogens is 1. The number of phenols is 1. The van der Waals surface area contributed by atoms with Gasteiger partial charge in [-0.3, -0.25) is 14.7 Å². The molecule has 0 unspecified atom stereocenters. The van der Waals surface area contributed by atoms with Crippen molar-refractivity contribution in [1.29, 1.82) is 0 Å². The Balaban J connectivity index is 1.09. The van der Waals surface area contributed by atoms with Gasteiger partial charge < -0.3 is 15.0 Å². The fourth-order valence-corrected chi connectivity index (χ4v) is 5.33.